The van der Waals surface area contributed by atoms with Crippen LogP contribution in [0.3, 0.4) is 0 Å². The van der Waals surface area contributed by atoms with Crippen LogP contribution in [0.15, 0.2) is 24.3 Å². The van der Waals surface area contributed by atoms with Crippen LogP contribution in [0.4, 0.5) is 0 Å². The average Bonchev–Trinajstić information content (AvgIpc) is 2.69. The van der Waals surface area contributed by atoms with Gasteiger partial charge in [0.05, 0.1) is 17.7 Å². The first-order chi connectivity index (χ1) is 14.5. The fourth-order valence-electron chi connectivity index (χ4n) is 4.48. The molecule has 1 aliphatic heterocycles. The second-order valence-electron chi connectivity index (χ2n) is 7.94. The third kappa shape index (κ3) is 2.92. The van der Waals surface area contributed by atoms with Gasteiger partial charge < -0.3 is 45.6 Å². The Bertz CT molecular complexity index is 1000. The summed E-state index contributed by atoms with van der Waals surface area (Å²) in [6.45, 7) is 0.814. The molecule has 10 nitrogen and oxygen atoms in total. The van der Waals surface area contributed by atoms with E-state index in [2.05, 4.69) is 0 Å². The molecule has 2 aromatic rings. The molecule has 31 heavy (non-hydrogen) atoms. The van der Waals surface area contributed by atoms with Crippen LogP contribution in [-0.2, 0) is 10.3 Å². The van der Waals surface area contributed by atoms with Gasteiger partial charge in [-0.05, 0) is 24.6 Å². The molecule has 0 bridgehead atoms. The Morgan fingerprint density at radius 3 is 2.10 bits per heavy atom. The first kappa shape index (κ1) is 21.5. The van der Waals surface area contributed by atoms with Crippen molar-refractivity contribution in [3.05, 3.63) is 52.1 Å². The summed E-state index contributed by atoms with van der Waals surface area (Å²) in [5.41, 5.74) is -3.39. The molecule has 6 atom stereocenters. The van der Waals surface area contributed by atoms with Crippen molar-refractivity contribution in [2.75, 3.05) is 6.61 Å². The van der Waals surface area contributed by atoms with E-state index in [0.29, 0.717) is 5.56 Å². The zero-order valence-electron chi connectivity index (χ0n) is 16.3. The topological polar surface area (TPSA) is 188 Å². The molecule has 1 aliphatic carbocycles. The number of hydrogen-bond donors (Lipinski definition) is 8. The van der Waals surface area contributed by atoms with Crippen molar-refractivity contribution in [3.8, 4) is 17.2 Å². The Balaban J connectivity index is 2.06. The SMILES string of the molecule is Cc1cc(O)c2c(c1)[C@](O)([C@@H]1O[C@H](CO)[C@H](O)[C@H](O)[C@H]1O)c1cc(O)cc(O)c1C2=O. The van der Waals surface area contributed by atoms with Crippen molar-refractivity contribution in [2.24, 2.45) is 0 Å². The summed E-state index contributed by atoms with van der Waals surface area (Å²) >= 11 is 0. The number of fused-ring (bicyclic) bond motifs is 2. The summed E-state index contributed by atoms with van der Waals surface area (Å²) in [5, 5.41) is 83.4. The smallest absolute Gasteiger partial charge is 0.201 e. The number of rotatable bonds is 2. The maximum atomic E-state index is 13.1. The number of phenols is 3. The summed E-state index contributed by atoms with van der Waals surface area (Å²) in [6.07, 6.45) is -8.59. The molecule has 0 saturated carbocycles. The Morgan fingerprint density at radius 1 is 0.903 bits per heavy atom. The van der Waals surface area contributed by atoms with Gasteiger partial charge in [-0.25, -0.2) is 0 Å². The number of hydrogen-bond acceptors (Lipinski definition) is 10. The Kier molecular flexibility index (Phi) is 4.97. The molecule has 1 saturated heterocycles. The number of carbonyl (C=O) groups excluding carboxylic acids is 1. The predicted molar refractivity (Wildman–Crippen MR) is 103 cm³/mol. The molecule has 2 aromatic carbocycles. The molecule has 166 valence electrons. The van der Waals surface area contributed by atoms with Crippen LogP contribution in [0.25, 0.3) is 0 Å². The van der Waals surface area contributed by atoms with E-state index >= 15 is 0 Å². The largest absolute Gasteiger partial charge is 0.508 e. The van der Waals surface area contributed by atoms with Gasteiger partial charge in [-0.2, -0.15) is 0 Å². The maximum Gasteiger partial charge on any atom is 0.201 e. The molecule has 1 fully saturated rings. The molecule has 1 heterocycles. The van der Waals surface area contributed by atoms with Gasteiger partial charge in [0.1, 0.15) is 53.4 Å². The molecule has 4 rings (SSSR count). The van der Waals surface area contributed by atoms with Gasteiger partial charge in [-0.3, -0.25) is 4.79 Å². The van der Waals surface area contributed by atoms with Gasteiger partial charge in [0.2, 0.25) is 5.78 Å². The lowest BCUT2D eigenvalue weighted by Gasteiger charge is -2.49. The minimum absolute atomic E-state index is 0.197. The Hall–Kier alpha value is -2.73. The second kappa shape index (κ2) is 7.16. The number of benzene rings is 2. The molecule has 10 heteroatoms. The first-order valence-electron chi connectivity index (χ1n) is 9.50. The number of ketones is 1. The highest BCUT2D eigenvalue weighted by atomic mass is 16.6. The molecule has 0 radical (unpaired) electrons. The molecule has 0 unspecified atom stereocenters. The Morgan fingerprint density at radius 2 is 1.48 bits per heavy atom. The maximum absolute atomic E-state index is 13.1. The number of aryl methyl sites for hydroxylation is 1. The number of aliphatic hydroxyl groups excluding tert-OH is 4. The molecule has 2 aliphatic rings. The van der Waals surface area contributed by atoms with Gasteiger partial charge in [0.25, 0.3) is 0 Å². The normalized spacial score (nSPS) is 32.5. The fraction of sp³-hybridized carbons (Fsp3) is 0.381. The van der Waals surface area contributed by atoms with Crippen molar-refractivity contribution in [3.63, 3.8) is 0 Å². The standard InChI is InChI=1S/C21H22O10/c1-7-2-9-14(11(24)3-7)17(27)15-10(4-8(23)5-12(15)25)21(9,30)20-19(29)18(28)16(26)13(6-22)31-20/h2-5,13,16,18-20,22-26,28-30H,6H2,1H3/t13-,16+,18+,19-,20-,21-/m1/s1. The van der Waals surface area contributed by atoms with Crippen molar-refractivity contribution in [1.29, 1.82) is 0 Å². The molecule has 8 N–H and O–H groups in total. The van der Waals surface area contributed by atoms with E-state index in [1.54, 1.807) is 6.92 Å². The summed E-state index contributed by atoms with van der Waals surface area (Å²) in [6, 6.07) is 4.50. The average molecular weight is 434 g/mol. The highest BCUT2D eigenvalue weighted by Crippen LogP contribution is 2.51. The fourth-order valence-corrected chi connectivity index (χ4v) is 4.48. The van der Waals surface area contributed by atoms with E-state index in [-0.39, 0.29) is 16.7 Å². The molecule has 0 aromatic heterocycles. The zero-order chi connectivity index (χ0) is 22.8. The number of aliphatic hydroxyl groups is 5. The number of phenolic OH excluding ortho intramolecular Hbond substituents is 3. The molecule has 0 spiro atoms. The lowest BCUT2D eigenvalue weighted by atomic mass is 9.68. The van der Waals surface area contributed by atoms with E-state index in [4.69, 9.17) is 4.74 Å². The van der Waals surface area contributed by atoms with Gasteiger partial charge in [-0.15, -0.1) is 0 Å². The van der Waals surface area contributed by atoms with E-state index in [0.717, 1.165) is 12.1 Å². The predicted octanol–water partition coefficient (Wildman–Crippen LogP) is -1.27. The van der Waals surface area contributed by atoms with E-state index in [1.807, 2.05) is 0 Å². The number of aromatic hydroxyl groups is 3. The highest BCUT2D eigenvalue weighted by molar-refractivity contribution is 6.16. The summed E-state index contributed by atoms with van der Waals surface area (Å²) in [7, 11) is 0. The monoisotopic (exact) mass is 434 g/mol. The van der Waals surface area contributed by atoms with Gasteiger partial charge in [0.15, 0.2) is 0 Å². The third-order valence-electron chi connectivity index (χ3n) is 5.94. The van der Waals surface area contributed by atoms with Crippen molar-refractivity contribution in [2.45, 2.75) is 43.0 Å². The molecular formula is C21H22O10. The minimum atomic E-state index is -2.48. The second-order valence-corrected chi connectivity index (χ2v) is 7.94. The van der Waals surface area contributed by atoms with E-state index in [9.17, 15) is 45.6 Å². The van der Waals surface area contributed by atoms with Crippen LogP contribution in [0.5, 0.6) is 17.2 Å². The number of carbonyl (C=O) groups is 1. The molecule has 0 amide bonds. The quantitative estimate of drug-likeness (QED) is 0.283. The van der Waals surface area contributed by atoms with Crippen LogP contribution in [0, 0.1) is 6.92 Å². The van der Waals surface area contributed by atoms with Crippen LogP contribution in [0.2, 0.25) is 0 Å². The first-order valence-corrected chi connectivity index (χ1v) is 9.50. The number of ether oxygens (including phenoxy) is 1. The lowest BCUT2D eigenvalue weighted by molar-refractivity contribution is -0.265. The van der Waals surface area contributed by atoms with Crippen molar-refractivity contribution in [1.82, 2.24) is 0 Å². The highest BCUT2D eigenvalue weighted by Gasteiger charge is 2.58. The minimum Gasteiger partial charge on any atom is -0.508 e. The summed E-state index contributed by atoms with van der Waals surface area (Å²) < 4.78 is 5.57. The van der Waals surface area contributed by atoms with Crippen LogP contribution < -0.4 is 0 Å². The van der Waals surface area contributed by atoms with Crippen molar-refractivity contribution >= 4 is 5.78 Å². The van der Waals surface area contributed by atoms with Crippen LogP contribution in [-0.4, -0.2) is 83.8 Å². The van der Waals surface area contributed by atoms with Crippen molar-refractivity contribution < 1.29 is 50.4 Å². The van der Waals surface area contributed by atoms with E-state index in [1.165, 1.54) is 12.1 Å². The van der Waals surface area contributed by atoms with Crippen LogP contribution >= 0.6 is 0 Å². The van der Waals surface area contributed by atoms with Gasteiger partial charge in [0, 0.05) is 17.2 Å². The van der Waals surface area contributed by atoms with Crippen LogP contribution in [0.1, 0.15) is 32.6 Å². The third-order valence-corrected chi connectivity index (χ3v) is 5.94. The lowest BCUT2D eigenvalue weighted by Crippen LogP contribution is -2.65. The molecular weight excluding hydrogens is 412 g/mol. The summed E-state index contributed by atoms with van der Waals surface area (Å²) in [4.78, 5) is 13.1. The Labute approximate surface area is 175 Å². The van der Waals surface area contributed by atoms with Gasteiger partial charge >= 0.3 is 0 Å². The van der Waals surface area contributed by atoms with E-state index < -0.39 is 71.3 Å². The van der Waals surface area contributed by atoms with Gasteiger partial charge in [-0.1, -0.05) is 6.07 Å². The summed E-state index contributed by atoms with van der Waals surface area (Å²) in [5.74, 6) is -2.53. The zero-order valence-corrected chi connectivity index (χ0v) is 16.3.